The van der Waals surface area contributed by atoms with Crippen LogP contribution in [-0.2, 0) is 20.5 Å². The van der Waals surface area contributed by atoms with Crippen LogP contribution < -0.4 is 20.4 Å². The lowest BCUT2D eigenvalue weighted by atomic mass is 10.0. The van der Waals surface area contributed by atoms with Gasteiger partial charge in [0.25, 0.3) is 0 Å². The van der Waals surface area contributed by atoms with E-state index in [4.69, 9.17) is 4.74 Å². The van der Waals surface area contributed by atoms with Gasteiger partial charge in [-0.15, -0.1) is 0 Å². The molecule has 2 fully saturated rings. The Morgan fingerprint density at radius 1 is 1.00 bits per heavy atom. The van der Waals surface area contributed by atoms with Crippen molar-refractivity contribution in [1.29, 1.82) is 0 Å². The average molecular weight is 492 g/mol. The molecule has 2 aromatic rings. The summed E-state index contributed by atoms with van der Waals surface area (Å²) in [6.45, 7) is 5.86. The fourth-order valence-corrected chi connectivity index (χ4v) is 4.23. The second-order valence-corrected chi connectivity index (χ2v) is 8.69. The van der Waals surface area contributed by atoms with Crippen LogP contribution in [0.25, 0.3) is 0 Å². The van der Waals surface area contributed by atoms with E-state index in [9.17, 15) is 22.8 Å². The fraction of sp³-hybridized carbons (Fsp3) is 0.458. The number of nitrogens with zero attached hydrogens (tertiary/aromatic N) is 3. The van der Waals surface area contributed by atoms with Gasteiger partial charge in [-0.3, -0.25) is 9.59 Å². The van der Waals surface area contributed by atoms with Crippen molar-refractivity contribution in [2.75, 3.05) is 54.5 Å². The Bertz CT molecular complexity index is 1050. The first-order valence-electron chi connectivity index (χ1n) is 11.5. The van der Waals surface area contributed by atoms with Crippen molar-refractivity contribution in [3.63, 3.8) is 0 Å². The van der Waals surface area contributed by atoms with Crippen LogP contribution in [0.2, 0.25) is 0 Å². The average Bonchev–Trinajstić information content (AvgIpc) is 2.86. The number of carbonyl (C=O) groups excluding carboxylic acids is 2. The zero-order chi connectivity index (χ0) is 25.0. The van der Waals surface area contributed by atoms with Gasteiger partial charge in [0, 0.05) is 49.8 Å². The summed E-state index contributed by atoms with van der Waals surface area (Å²) >= 11 is 0. The third-order valence-electron chi connectivity index (χ3n) is 6.27. The van der Waals surface area contributed by atoms with Crippen molar-refractivity contribution in [2.24, 2.45) is 0 Å². The van der Waals surface area contributed by atoms with Crippen molar-refractivity contribution >= 4 is 29.0 Å². The second kappa shape index (κ2) is 10.5. The van der Waals surface area contributed by atoms with Gasteiger partial charge in [-0.2, -0.15) is 13.2 Å². The summed E-state index contributed by atoms with van der Waals surface area (Å²) in [7, 11) is 0. The SMILES string of the molecule is Cc1cc(N2CCOCC2)ccc1NC(=O)C(=O)NC1CCN(c2ccc(C(F)(F)F)cn2)CC1. The van der Waals surface area contributed by atoms with Crippen LogP contribution in [0.5, 0.6) is 0 Å². The number of aryl methyl sites for hydroxylation is 1. The summed E-state index contributed by atoms with van der Waals surface area (Å²) in [5, 5.41) is 5.43. The van der Waals surface area contributed by atoms with Gasteiger partial charge in [0.2, 0.25) is 0 Å². The third kappa shape index (κ3) is 6.21. The first kappa shape index (κ1) is 24.8. The molecule has 0 aliphatic carbocycles. The molecule has 0 radical (unpaired) electrons. The van der Waals surface area contributed by atoms with E-state index >= 15 is 0 Å². The minimum Gasteiger partial charge on any atom is -0.378 e. The molecule has 2 amide bonds. The number of amides is 2. The number of pyridine rings is 1. The Morgan fingerprint density at radius 3 is 2.31 bits per heavy atom. The Morgan fingerprint density at radius 2 is 1.71 bits per heavy atom. The van der Waals surface area contributed by atoms with Gasteiger partial charge >= 0.3 is 18.0 Å². The number of hydrogen-bond donors (Lipinski definition) is 2. The maximum absolute atomic E-state index is 12.7. The molecular formula is C24H28F3N5O3. The molecule has 3 heterocycles. The number of piperidine rings is 1. The first-order valence-corrected chi connectivity index (χ1v) is 11.5. The molecule has 0 saturated carbocycles. The molecule has 0 spiro atoms. The van der Waals surface area contributed by atoms with Gasteiger partial charge in [0.1, 0.15) is 5.82 Å². The standard InChI is InChI=1S/C24H28F3N5O3/c1-16-14-19(31-10-12-35-13-11-31)3-4-20(16)30-23(34)22(33)29-18-6-8-32(9-7-18)21-5-2-17(15-28-21)24(25,26)27/h2-5,14-15,18H,6-13H2,1H3,(H,29,33)(H,30,34). The van der Waals surface area contributed by atoms with Crippen molar-refractivity contribution < 1.29 is 27.5 Å². The van der Waals surface area contributed by atoms with Gasteiger partial charge in [-0.25, -0.2) is 4.98 Å². The largest absolute Gasteiger partial charge is 0.417 e. The van der Waals surface area contributed by atoms with E-state index in [1.54, 1.807) is 6.07 Å². The van der Waals surface area contributed by atoms with Crippen molar-refractivity contribution in [2.45, 2.75) is 32.0 Å². The molecule has 2 saturated heterocycles. The second-order valence-electron chi connectivity index (χ2n) is 8.69. The number of hydrogen-bond acceptors (Lipinski definition) is 6. The van der Waals surface area contributed by atoms with E-state index in [0.717, 1.165) is 36.6 Å². The summed E-state index contributed by atoms with van der Waals surface area (Å²) in [5.41, 5.74) is 1.68. The van der Waals surface area contributed by atoms with Crippen LogP contribution in [0, 0.1) is 6.92 Å². The third-order valence-corrected chi connectivity index (χ3v) is 6.27. The van der Waals surface area contributed by atoms with Gasteiger partial charge in [-0.05, 0) is 55.7 Å². The fourth-order valence-electron chi connectivity index (χ4n) is 4.23. The molecule has 1 aromatic heterocycles. The molecule has 8 nitrogen and oxygen atoms in total. The molecule has 0 atom stereocenters. The van der Waals surface area contributed by atoms with E-state index in [-0.39, 0.29) is 6.04 Å². The van der Waals surface area contributed by atoms with Crippen molar-refractivity contribution in [3.8, 4) is 0 Å². The van der Waals surface area contributed by atoms with Crippen LogP contribution in [-0.4, -0.2) is 62.2 Å². The summed E-state index contributed by atoms with van der Waals surface area (Å²) in [6, 6.07) is 7.84. The molecule has 4 rings (SSSR count). The number of carbonyl (C=O) groups is 2. The van der Waals surface area contributed by atoms with E-state index in [0.29, 0.717) is 50.7 Å². The highest BCUT2D eigenvalue weighted by molar-refractivity contribution is 6.39. The maximum Gasteiger partial charge on any atom is 0.417 e. The minimum absolute atomic E-state index is 0.205. The number of aromatic nitrogens is 1. The van der Waals surface area contributed by atoms with Crippen LogP contribution in [0.1, 0.15) is 24.0 Å². The number of rotatable bonds is 4. The molecule has 2 aliphatic heterocycles. The molecule has 2 N–H and O–H groups in total. The quantitative estimate of drug-likeness (QED) is 0.640. The predicted molar refractivity (Wildman–Crippen MR) is 125 cm³/mol. The highest BCUT2D eigenvalue weighted by atomic mass is 19.4. The Kier molecular flexibility index (Phi) is 7.44. The van der Waals surface area contributed by atoms with Crippen LogP contribution >= 0.6 is 0 Å². The number of halogens is 3. The highest BCUT2D eigenvalue weighted by Gasteiger charge is 2.31. The molecule has 188 valence electrons. The summed E-state index contributed by atoms with van der Waals surface area (Å²) < 4.78 is 43.5. The zero-order valence-electron chi connectivity index (χ0n) is 19.4. The monoisotopic (exact) mass is 491 g/mol. The predicted octanol–water partition coefficient (Wildman–Crippen LogP) is 2.97. The Balaban J connectivity index is 1.26. The maximum atomic E-state index is 12.7. The van der Waals surface area contributed by atoms with Crippen LogP contribution in [0.4, 0.5) is 30.4 Å². The Hall–Kier alpha value is -3.34. The first-order chi connectivity index (χ1) is 16.7. The van der Waals surface area contributed by atoms with Crippen LogP contribution in [0.15, 0.2) is 36.5 Å². The van der Waals surface area contributed by atoms with E-state index < -0.39 is 23.6 Å². The van der Waals surface area contributed by atoms with Crippen molar-refractivity contribution in [1.82, 2.24) is 10.3 Å². The van der Waals surface area contributed by atoms with Gasteiger partial charge in [0.15, 0.2) is 0 Å². The Labute approximate surface area is 201 Å². The molecule has 1 aromatic carbocycles. The highest BCUT2D eigenvalue weighted by Crippen LogP contribution is 2.30. The van der Waals surface area contributed by atoms with Gasteiger partial charge in [0.05, 0.1) is 18.8 Å². The summed E-state index contributed by atoms with van der Waals surface area (Å²) in [6.07, 6.45) is -2.50. The zero-order valence-corrected chi connectivity index (χ0v) is 19.4. The number of anilines is 3. The number of benzene rings is 1. The van der Waals surface area contributed by atoms with E-state index in [1.807, 2.05) is 24.0 Å². The van der Waals surface area contributed by atoms with Gasteiger partial charge in [-0.1, -0.05) is 0 Å². The van der Waals surface area contributed by atoms with E-state index in [1.165, 1.54) is 6.07 Å². The summed E-state index contributed by atoms with van der Waals surface area (Å²) in [5.74, 6) is -0.997. The molecular weight excluding hydrogens is 463 g/mol. The van der Waals surface area contributed by atoms with Gasteiger partial charge < -0.3 is 25.2 Å². The number of alkyl halides is 3. The normalized spacial score (nSPS) is 17.3. The molecule has 11 heteroatoms. The molecule has 0 unspecified atom stereocenters. The number of nitrogens with one attached hydrogen (secondary N) is 2. The van der Waals surface area contributed by atoms with Crippen molar-refractivity contribution in [3.05, 3.63) is 47.7 Å². The van der Waals surface area contributed by atoms with Crippen LogP contribution in [0.3, 0.4) is 0 Å². The summed E-state index contributed by atoms with van der Waals surface area (Å²) in [4.78, 5) is 32.9. The smallest absolute Gasteiger partial charge is 0.378 e. The lowest BCUT2D eigenvalue weighted by molar-refractivity contribution is -0.137. The lowest BCUT2D eigenvalue weighted by Gasteiger charge is -2.33. The lowest BCUT2D eigenvalue weighted by Crippen LogP contribution is -2.48. The molecule has 0 bridgehead atoms. The topological polar surface area (TPSA) is 86.8 Å². The van der Waals surface area contributed by atoms with E-state index in [2.05, 4.69) is 20.5 Å². The molecule has 2 aliphatic rings. The molecule has 35 heavy (non-hydrogen) atoms. The minimum atomic E-state index is -4.42. The number of morpholine rings is 1. The number of ether oxygens (including phenoxy) is 1.